The van der Waals surface area contributed by atoms with E-state index >= 15 is 0 Å². The third kappa shape index (κ3) is 3.09. The zero-order valence-corrected chi connectivity index (χ0v) is 11.3. The number of hydrogen-bond acceptors (Lipinski definition) is 4. The summed E-state index contributed by atoms with van der Waals surface area (Å²) in [6.45, 7) is 2.26. The summed E-state index contributed by atoms with van der Waals surface area (Å²) in [5.41, 5.74) is 1.39. The van der Waals surface area contributed by atoms with E-state index in [1.807, 2.05) is 24.7 Å². The van der Waals surface area contributed by atoms with Crippen molar-refractivity contribution in [3.05, 3.63) is 41.6 Å². The first kappa shape index (κ1) is 13.1. The van der Waals surface area contributed by atoms with Crippen molar-refractivity contribution in [1.29, 1.82) is 0 Å². The Morgan fingerprint density at radius 3 is 2.84 bits per heavy atom. The summed E-state index contributed by atoms with van der Waals surface area (Å²) in [6.07, 6.45) is 3.55. The fourth-order valence-corrected chi connectivity index (χ4v) is 1.76. The van der Waals surface area contributed by atoms with Gasteiger partial charge < -0.3 is 15.2 Å². The molecule has 100 valence electrons. The second-order valence-electron chi connectivity index (χ2n) is 4.27. The molecule has 1 amide bonds. The zero-order valence-electron chi connectivity index (χ0n) is 11.3. The van der Waals surface area contributed by atoms with Gasteiger partial charge in [0.15, 0.2) is 0 Å². The van der Waals surface area contributed by atoms with Gasteiger partial charge in [-0.3, -0.25) is 4.79 Å². The quantitative estimate of drug-likeness (QED) is 0.862. The summed E-state index contributed by atoms with van der Waals surface area (Å²) in [5.74, 6) is 1.36. The highest BCUT2D eigenvalue weighted by molar-refractivity contribution is 5.94. The molecule has 6 nitrogen and oxygen atoms in total. The van der Waals surface area contributed by atoms with Crippen molar-refractivity contribution in [3.63, 3.8) is 0 Å². The average molecular weight is 259 g/mol. The number of amides is 1. The number of aryl methyl sites for hydroxylation is 2. The molecule has 0 aromatic carbocycles. The number of nitrogens with one attached hydrogen (secondary N) is 2. The van der Waals surface area contributed by atoms with Crippen LogP contribution >= 0.6 is 0 Å². The Bertz CT molecular complexity index is 590. The van der Waals surface area contributed by atoms with Gasteiger partial charge in [0.1, 0.15) is 11.6 Å². The van der Waals surface area contributed by atoms with Crippen LogP contribution in [0, 0.1) is 6.92 Å². The highest BCUT2D eigenvalue weighted by atomic mass is 16.1. The number of pyridine rings is 1. The summed E-state index contributed by atoms with van der Waals surface area (Å²) >= 11 is 0. The van der Waals surface area contributed by atoms with Gasteiger partial charge in [-0.25, -0.2) is 9.97 Å². The molecule has 2 rings (SSSR count). The number of aromatic nitrogens is 3. The van der Waals surface area contributed by atoms with Gasteiger partial charge in [-0.05, 0) is 19.1 Å². The number of carbonyl (C=O) groups is 1. The molecule has 2 aromatic heterocycles. The summed E-state index contributed by atoms with van der Waals surface area (Å²) in [4.78, 5) is 20.5. The van der Waals surface area contributed by atoms with Crippen molar-refractivity contribution >= 4 is 11.7 Å². The Labute approximate surface area is 111 Å². The second-order valence-corrected chi connectivity index (χ2v) is 4.27. The van der Waals surface area contributed by atoms with Crippen LogP contribution in [0.5, 0.6) is 0 Å². The van der Waals surface area contributed by atoms with Gasteiger partial charge in [0.05, 0.1) is 6.54 Å². The lowest BCUT2D eigenvalue weighted by Crippen LogP contribution is -2.24. The summed E-state index contributed by atoms with van der Waals surface area (Å²) < 4.78 is 1.87. The Hall–Kier alpha value is -2.37. The van der Waals surface area contributed by atoms with Gasteiger partial charge in [-0.1, -0.05) is 0 Å². The molecule has 0 atom stereocenters. The summed E-state index contributed by atoms with van der Waals surface area (Å²) in [7, 11) is 3.67. The van der Waals surface area contributed by atoms with Crippen molar-refractivity contribution in [2.24, 2.45) is 7.05 Å². The Morgan fingerprint density at radius 1 is 1.42 bits per heavy atom. The molecule has 0 unspecified atom stereocenters. The van der Waals surface area contributed by atoms with Gasteiger partial charge in [-0.2, -0.15) is 0 Å². The lowest BCUT2D eigenvalue weighted by molar-refractivity contribution is 0.0949. The predicted octanol–water partition coefficient (Wildman–Crippen LogP) is 1.10. The van der Waals surface area contributed by atoms with E-state index in [1.165, 1.54) is 0 Å². The predicted molar refractivity (Wildman–Crippen MR) is 72.9 cm³/mol. The third-order valence-electron chi connectivity index (χ3n) is 2.80. The molecule has 6 heteroatoms. The number of imidazole rings is 1. The molecule has 2 aromatic rings. The topological polar surface area (TPSA) is 71.8 Å². The van der Waals surface area contributed by atoms with E-state index in [0.29, 0.717) is 17.9 Å². The van der Waals surface area contributed by atoms with Gasteiger partial charge in [-0.15, -0.1) is 0 Å². The van der Waals surface area contributed by atoms with Crippen LogP contribution in [-0.2, 0) is 13.6 Å². The minimum absolute atomic E-state index is 0.134. The first-order valence-electron chi connectivity index (χ1n) is 6.01. The SMILES string of the molecule is CNc1cc(C(=O)NCc2nccn2C)cc(C)n1. The lowest BCUT2D eigenvalue weighted by atomic mass is 10.2. The average Bonchev–Trinajstić information content (AvgIpc) is 2.80. The van der Waals surface area contributed by atoms with Crippen LogP contribution in [0.3, 0.4) is 0 Å². The molecule has 0 aliphatic heterocycles. The van der Waals surface area contributed by atoms with Crippen LogP contribution in [-0.4, -0.2) is 27.5 Å². The second kappa shape index (κ2) is 5.51. The van der Waals surface area contributed by atoms with Gasteiger partial charge in [0, 0.05) is 37.7 Å². The summed E-state index contributed by atoms with van der Waals surface area (Å²) in [5, 5.41) is 5.78. The minimum atomic E-state index is -0.134. The standard InChI is InChI=1S/C13H17N5O/c1-9-6-10(7-11(14-2)17-9)13(19)16-8-12-15-4-5-18(12)3/h4-7H,8H2,1-3H3,(H,14,17)(H,16,19). The van der Waals surface area contributed by atoms with Gasteiger partial charge >= 0.3 is 0 Å². The smallest absolute Gasteiger partial charge is 0.251 e. The van der Waals surface area contributed by atoms with Crippen molar-refractivity contribution in [2.45, 2.75) is 13.5 Å². The monoisotopic (exact) mass is 259 g/mol. The molecule has 0 radical (unpaired) electrons. The fourth-order valence-electron chi connectivity index (χ4n) is 1.76. The van der Waals surface area contributed by atoms with Crippen molar-refractivity contribution in [2.75, 3.05) is 12.4 Å². The molecule has 0 aliphatic carbocycles. The molecular formula is C13H17N5O. The van der Waals surface area contributed by atoms with Crippen molar-refractivity contribution in [3.8, 4) is 0 Å². The van der Waals surface area contributed by atoms with E-state index in [2.05, 4.69) is 20.6 Å². The van der Waals surface area contributed by atoms with Crippen LogP contribution in [0.1, 0.15) is 21.9 Å². The molecule has 0 fully saturated rings. The van der Waals surface area contributed by atoms with Crippen LogP contribution in [0.25, 0.3) is 0 Å². The van der Waals surface area contributed by atoms with E-state index in [9.17, 15) is 4.79 Å². The van der Waals surface area contributed by atoms with E-state index in [4.69, 9.17) is 0 Å². The van der Waals surface area contributed by atoms with E-state index in [0.717, 1.165) is 11.5 Å². The van der Waals surface area contributed by atoms with Crippen LogP contribution in [0.4, 0.5) is 5.82 Å². The first-order valence-corrected chi connectivity index (χ1v) is 6.01. The molecule has 0 bridgehead atoms. The zero-order chi connectivity index (χ0) is 13.8. The van der Waals surface area contributed by atoms with E-state index in [1.54, 1.807) is 25.4 Å². The minimum Gasteiger partial charge on any atom is -0.373 e. The largest absolute Gasteiger partial charge is 0.373 e. The number of hydrogen-bond donors (Lipinski definition) is 2. The Kier molecular flexibility index (Phi) is 3.79. The highest BCUT2D eigenvalue weighted by Crippen LogP contribution is 2.09. The highest BCUT2D eigenvalue weighted by Gasteiger charge is 2.09. The molecule has 19 heavy (non-hydrogen) atoms. The number of anilines is 1. The normalized spacial score (nSPS) is 10.3. The molecule has 0 aliphatic rings. The Morgan fingerprint density at radius 2 is 2.21 bits per heavy atom. The van der Waals surface area contributed by atoms with Crippen LogP contribution in [0.2, 0.25) is 0 Å². The fraction of sp³-hybridized carbons (Fsp3) is 0.308. The molecule has 2 heterocycles. The van der Waals surface area contributed by atoms with Crippen molar-refractivity contribution in [1.82, 2.24) is 19.9 Å². The molecule has 0 spiro atoms. The molecule has 0 saturated heterocycles. The molecular weight excluding hydrogens is 242 g/mol. The van der Waals surface area contributed by atoms with E-state index in [-0.39, 0.29) is 5.91 Å². The van der Waals surface area contributed by atoms with Gasteiger partial charge in [0.25, 0.3) is 5.91 Å². The summed E-state index contributed by atoms with van der Waals surface area (Å²) in [6, 6.07) is 3.48. The number of carbonyl (C=O) groups excluding carboxylic acids is 1. The maximum atomic E-state index is 12.1. The molecule has 2 N–H and O–H groups in total. The number of nitrogens with zero attached hydrogens (tertiary/aromatic N) is 3. The maximum Gasteiger partial charge on any atom is 0.251 e. The van der Waals surface area contributed by atoms with Gasteiger partial charge in [0.2, 0.25) is 0 Å². The lowest BCUT2D eigenvalue weighted by Gasteiger charge is -2.08. The first-order chi connectivity index (χ1) is 9.10. The van der Waals surface area contributed by atoms with Crippen LogP contribution < -0.4 is 10.6 Å². The Balaban J connectivity index is 2.08. The van der Waals surface area contributed by atoms with Crippen molar-refractivity contribution < 1.29 is 4.79 Å². The maximum absolute atomic E-state index is 12.1. The molecule has 0 saturated carbocycles. The third-order valence-corrected chi connectivity index (χ3v) is 2.80. The van der Waals surface area contributed by atoms with Crippen LogP contribution in [0.15, 0.2) is 24.5 Å². The number of rotatable bonds is 4. The van der Waals surface area contributed by atoms with E-state index < -0.39 is 0 Å².